The molecule has 0 aromatic heterocycles. The van der Waals surface area contributed by atoms with E-state index in [0.29, 0.717) is 0 Å². The maximum absolute atomic E-state index is 13.0. The number of ether oxygens (including phenoxy) is 1. The Bertz CT molecular complexity index is 450. The van der Waals surface area contributed by atoms with Crippen molar-refractivity contribution in [2.45, 2.75) is 25.0 Å². The fourth-order valence-corrected chi connectivity index (χ4v) is 1.61. The minimum atomic E-state index is -5.72. The highest BCUT2D eigenvalue weighted by Gasteiger charge is 2.59. The zero-order chi connectivity index (χ0) is 14.8. The van der Waals surface area contributed by atoms with E-state index in [4.69, 9.17) is 5.73 Å². The van der Waals surface area contributed by atoms with Gasteiger partial charge in [0.15, 0.2) is 0 Å². The van der Waals surface area contributed by atoms with E-state index in [2.05, 4.69) is 26.7 Å². The van der Waals surface area contributed by atoms with Gasteiger partial charge in [0.1, 0.15) is 5.75 Å². The summed E-state index contributed by atoms with van der Waals surface area (Å²) >= 11 is 2.89. The van der Waals surface area contributed by atoms with Gasteiger partial charge in [-0.2, -0.15) is 22.0 Å². The topological polar surface area (TPSA) is 35.2 Å². The fourth-order valence-electron chi connectivity index (χ4n) is 1.13. The molecule has 0 spiro atoms. The van der Waals surface area contributed by atoms with Crippen LogP contribution in [0.25, 0.3) is 0 Å². The zero-order valence-corrected chi connectivity index (χ0v) is 10.7. The molecule has 0 bridgehead atoms. The van der Waals surface area contributed by atoms with Gasteiger partial charge in [-0.15, -0.1) is 0 Å². The quantitative estimate of drug-likeness (QED) is 0.842. The molecule has 1 aromatic rings. The average molecular weight is 351 g/mol. The Balaban J connectivity index is 2.98. The van der Waals surface area contributed by atoms with Crippen LogP contribution in [0.1, 0.15) is 5.56 Å². The summed E-state index contributed by atoms with van der Waals surface area (Å²) in [6.45, 7) is -0.0975. The highest BCUT2D eigenvalue weighted by atomic mass is 79.9. The van der Waals surface area contributed by atoms with E-state index in [1.165, 1.54) is 0 Å². The molecule has 19 heavy (non-hydrogen) atoms. The van der Waals surface area contributed by atoms with Crippen molar-refractivity contribution in [3.8, 4) is 5.75 Å². The Labute approximate surface area is 112 Å². The Morgan fingerprint density at radius 2 is 1.84 bits per heavy atom. The van der Waals surface area contributed by atoms with Crippen LogP contribution >= 0.6 is 15.9 Å². The van der Waals surface area contributed by atoms with Crippen molar-refractivity contribution in [1.82, 2.24) is 0 Å². The Kier molecular flexibility index (Phi) is 4.72. The standard InChI is InChI=1S/C10H7BrF6NO/c11-6-1-5(4-18)2-7(3-6)19-10(16,17)8(12)9(13,14)15/h2-3,8H,4,18H2. The highest BCUT2D eigenvalue weighted by molar-refractivity contribution is 9.10. The molecule has 2 N–H and O–H groups in total. The van der Waals surface area contributed by atoms with Gasteiger partial charge >= 0.3 is 12.3 Å². The second-order valence-electron chi connectivity index (χ2n) is 3.46. The summed E-state index contributed by atoms with van der Waals surface area (Å²) in [5.41, 5.74) is 5.44. The van der Waals surface area contributed by atoms with E-state index in [9.17, 15) is 26.3 Å². The molecule has 0 fully saturated rings. The molecule has 1 atom stereocenters. The first-order valence-electron chi connectivity index (χ1n) is 4.75. The van der Waals surface area contributed by atoms with E-state index in [1.54, 1.807) is 0 Å². The summed E-state index contributed by atoms with van der Waals surface area (Å²) in [7, 11) is 0. The van der Waals surface area contributed by atoms with E-state index in [0.717, 1.165) is 12.1 Å². The molecule has 2 nitrogen and oxygen atoms in total. The van der Waals surface area contributed by atoms with Crippen molar-refractivity contribution in [1.29, 1.82) is 0 Å². The van der Waals surface area contributed by atoms with Crippen molar-refractivity contribution in [2.75, 3.05) is 0 Å². The lowest BCUT2D eigenvalue weighted by molar-refractivity contribution is -0.305. The van der Waals surface area contributed by atoms with Gasteiger partial charge in [0.05, 0.1) is 0 Å². The van der Waals surface area contributed by atoms with Crippen molar-refractivity contribution in [3.63, 3.8) is 0 Å². The Morgan fingerprint density at radius 3 is 2.32 bits per heavy atom. The molecule has 0 aliphatic heterocycles. The molecular formula is C10H7BrF6NO. The summed E-state index contributed by atoms with van der Waals surface area (Å²) in [5, 5.41) is 0. The van der Waals surface area contributed by atoms with Crippen LogP contribution in [-0.4, -0.2) is 18.5 Å². The first-order valence-corrected chi connectivity index (χ1v) is 5.55. The van der Waals surface area contributed by atoms with E-state index in [1.807, 2.05) is 0 Å². The SMILES string of the molecule is NCc1[c]c(Br)cc(OC(F)(F)C(F)C(F)(F)F)c1. The van der Waals surface area contributed by atoms with Gasteiger partial charge in [0, 0.05) is 17.1 Å². The third kappa shape index (κ3) is 4.27. The minimum Gasteiger partial charge on any atom is -0.430 e. The van der Waals surface area contributed by atoms with Gasteiger partial charge in [-0.3, -0.25) is 0 Å². The molecule has 0 amide bonds. The largest absolute Gasteiger partial charge is 0.439 e. The lowest BCUT2D eigenvalue weighted by atomic mass is 10.2. The van der Waals surface area contributed by atoms with Gasteiger partial charge in [0.25, 0.3) is 6.17 Å². The molecule has 0 saturated heterocycles. The highest BCUT2D eigenvalue weighted by Crippen LogP contribution is 2.37. The summed E-state index contributed by atoms with van der Waals surface area (Å²) in [6.07, 6.45) is -15.2. The first kappa shape index (κ1) is 16.1. The molecule has 1 rings (SSSR count). The molecule has 1 unspecified atom stereocenters. The maximum Gasteiger partial charge on any atom is 0.439 e. The van der Waals surface area contributed by atoms with Crippen molar-refractivity contribution in [2.24, 2.45) is 5.73 Å². The lowest BCUT2D eigenvalue weighted by Crippen LogP contribution is -2.45. The molecule has 0 aliphatic rings. The Hall–Kier alpha value is -0.960. The third-order valence-electron chi connectivity index (χ3n) is 1.92. The van der Waals surface area contributed by atoms with Crippen LogP contribution < -0.4 is 10.5 Å². The number of benzene rings is 1. The van der Waals surface area contributed by atoms with Gasteiger partial charge in [-0.1, -0.05) is 15.9 Å². The summed E-state index contributed by atoms with van der Waals surface area (Å²) < 4.78 is 78.2. The van der Waals surface area contributed by atoms with Crippen LogP contribution in [0, 0.1) is 6.07 Å². The van der Waals surface area contributed by atoms with Crippen LogP contribution in [0.5, 0.6) is 5.75 Å². The predicted molar refractivity (Wildman–Crippen MR) is 57.4 cm³/mol. The molecule has 1 aromatic carbocycles. The maximum atomic E-state index is 13.0. The van der Waals surface area contributed by atoms with Crippen LogP contribution in [0.4, 0.5) is 26.3 Å². The van der Waals surface area contributed by atoms with E-state index >= 15 is 0 Å². The molecule has 9 heteroatoms. The molecule has 0 saturated carbocycles. The predicted octanol–water partition coefficient (Wildman–Crippen LogP) is 3.58. The van der Waals surface area contributed by atoms with Gasteiger partial charge in [-0.05, 0) is 17.7 Å². The van der Waals surface area contributed by atoms with Gasteiger partial charge < -0.3 is 10.5 Å². The smallest absolute Gasteiger partial charge is 0.430 e. The van der Waals surface area contributed by atoms with Gasteiger partial charge in [-0.25, -0.2) is 4.39 Å². The minimum absolute atomic E-state index is 0.0975. The van der Waals surface area contributed by atoms with Crippen LogP contribution in [0.2, 0.25) is 0 Å². The average Bonchev–Trinajstić information content (AvgIpc) is 2.25. The molecule has 0 heterocycles. The second-order valence-corrected chi connectivity index (χ2v) is 4.32. The van der Waals surface area contributed by atoms with Gasteiger partial charge in [0.2, 0.25) is 0 Å². The number of hydrogen-bond acceptors (Lipinski definition) is 2. The van der Waals surface area contributed by atoms with Crippen molar-refractivity contribution < 1.29 is 31.1 Å². The summed E-state index contributed by atoms with van der Waals surface area (Å²) in [5.74, 6) is -0.650. The number of alkyl halides is 6. The van der Waals surface area contributed by atoms with Crippen LogP contribution in [-0.2, 0) is 6.54 Å². The number of rotatable bonds is 4. The molecule has 0 aliphatic carbocycles. The zero-order valence-electron chi connectivity index (χ0n) is 9.07. The summed E-state index contributed by atoms with van der Waals surface area (Å²) in [6, 6.07) is 4.47. The third-order valence-corrected chi connectivity index (χ3v) is 2.35. The number of nitrogens with two attached hydrogens (primary N) is 1. The molecular weight excluding hydrogens is 344 g/mol. The van der Waals surface area contributed by atoms with Crippen LogP contribution in [0.3, 0.4) is 0 Å². The van der Waals surface area contributed by atoms with Crippen molar-refractivity contribution >= 4 is 15.9 Å². The monoisotopic (exact) mass is 350 g/mol. The molecule has 1 radical (unpaired) electrons. The number of halogens is 7. The lowest BCUT2D eigenvalue weighted by Gasteiger charge is -2.23. The summed E-state index contributed by atoms with van der Waals surface area (Å²) in [4.78, 5) is 0. The second kappa shape index (κ2) is 5.58. The first-order chi connectivity index (χ1) is 8.56. The number of hydrogen-bond donors (Lipinski definition) is 1. The Morgan fingerprint density at radius 1 is 1.26 bits per heavy atom. The van der Waals surface area contributed by atoms with Crippen molar-refractivity contribution in [3.05, 3.63) is 28.2 Å². The van der Waals surface area contributed by atoms with E-state index in [-0.39, 0.29) is 16.6 Å². The molecule has 107 valence electrons. The fraction of sp³-hybridized carbons (Fsp3) is 0.400. The van der Waals surface area contributed by atoms with Crippen LogP contribution in [0.15, 0.2) is 16.6 Å². The normalized spacial score (nSPS) is 14.3. The van der Waals surface area contributed by atoms with E-state index < -0.39 is 24.2 Å².